The first-order valence-electron chi connectivity index (χ1n) is 10.7. The maximum atomic E-state index is 10.7. The summed E-state index contributed by atoms with van der Waals surface area (Å²) >= 11 is 2.32. The molecule has 0 radical (unpaired) electrons. The van der Waals surface area contributed by atoms with Gasteiger partial charge < -0.3 is 5.11 Å². The van der Waals surface area contributed by atoms with E-state index in [1.54, 1.807) is 0 Å². The minimum Gasteiger partial charge on any atom is -0.388 e. The summed E-state index contributed by atoms with van der Waals surface area (Å²) in [6, 6.07) is 0. The van der Waals surface area contributed by atoms with E-state index in [0.29, 0.717) is 6.54 Å². The second-order valence-corrected chi connectivity index (χ2v) is 7.54. The van der Waals surface area contributed by atoms with Gasteiger partial charge in [0, 0.05) is 10.3 Å². The van der Waals surface area contributed by atoms with Crippen molar-refractivity contribution in [2.75, 3.05) is 11.0 Å². The van der Waals surface area contributed by atoms with Gasteiger partial charge in [-0.1, -0.05) is 108 Å². The molecule has 162 valence electrons. The Labute approximate surface area is 191 Å². The summed E-state index contributed by atoms with van der Waals surface area (Å²) in [7, 11) is 0. The van der Waals surface area contributed by atoms with E-state index >= 15 is 0 Å². The molecule has 0 aliphatic heterocycles. The maximum Gasteiger partial charge on any atom is 0.0823 e. The van der Waals surface area contributed by atoms with Crippen molar-refractivity contribution in [2.24, 2.45) is 11.1 Å². The summed E-state index contributed by atoms with van der Waals surface area (Å²) in [5.41, 5.74) is 1.09. The largest absolute Gasteiger partial charge is 0.388 e. The zero-order valence-corrected chi connectivity index (χ0v) is 20.2. The molecule has 0 spiro atoms. The van der Waals surface area contributed by atoms with Crippen LogP contribution in [-0.2, 0) is 0 Å². The number of rotatable bonds is 17. The summed E-state index contributed by atoms with van der Waals surface area (Å²) in [5, 5.41) is 13.5. The Morgan fingerprint density at radius 3 is 2.14 bits per heavy atom. The Bertz CT molecular complexity index is 573. The van der Waals surface area contributed by atoms with Gasteiger partial charge in [0.15, 0.2) is 0 Å². The topological polar surface area (TPSA) is 49.7 Å². The molecule has 2 atom stereocenters. The Hall–Kier alpha value is -1.27. The predicted molar refractivity (Wildman–Crippen MR) is 136 cm³/mol. The molecule has 0 aromatic carbocycles. The normalized spacial score (nSPS) is 15.5. The number of unbranched alkanes of at least 4 members (excludes halogenated alkanes) is 1. The number of nitroso groups, excluding NO2 is 1. The van der Waals surface area contributed by atoms with Gasteiger partial charge in [-0.15, -0.1) is 0 Å². The Morgan fingerprint density at radius 2 is 1.59 bits per heavy atom. The van der Waals surface area contributed by atoms with Crippen LogP contribution in [0.25, 0.3) is 0 Å². The summed E-state index contributed by atoms with van der Waals surface area (Å²) in [4.78, 5) is 9.96. The number of halogens is 1. The van der Waals surface area contributed by atoms with Crippen molar-refractivity contribution < 1.29 is 5.11 Å². The molecule has 0 aliphatic rings. The molecule has 0 aromatic rings. The molecule has 0 fully saturated rings. The fraction of sp³-hybridized carbons (Fsp3) is 0.520. The van der Waals surface area contributed by atoms with Crippen LogP contribution in [0.5, 0.6) is 0 Å². The molecule has 0 aromatic heterocycles. The van der Waals surface area contributed by atoms with Gasteiger partial charge in [-0.2, -0.15) is 4.91 Å². The first-order valence-corrected chi connectivity index (χ1v) is 12.2. The van der Waals surface area contributed by atoms with Crippen molar-refractivity contribution in [1.29, 1.82) is 0 Å². The molecule has 0 saturated heterocycles. The SMILES string of the molecule is CC/C=C\C=C(/CI)C(O)C(/C=C\C/C=C\C/C=C\C/C=C\CCCN=O)CC. The van der Waals surface area contributed by atoms with Crippen molar-refractivity contribution in [3.63, 3.8) is 0 Å². The van der Waals surface area contributed by atoms with Gasteiger partial charge in [-0.3, -0.25) is 0 Å². The van der Waals surface area contributed by atoms with Crippen LogP contribution in [0.1, 0.15) is 58.8 Å². The third kappa shape index (κ3) is 16.2. The van der Waals surface area contributed by atoms with E-state index in [0.717, 1.165) is 54.9 Å². The highest BCUT2D eigenvalue weighted by molar-refractivity contribution is 14.1. The van der Waals surface area contributed by atoms with Gasteiger partial charge in [-0.05, 0) is 50.5 Å². The molecule has 0 amide bonds. The standard InChI is InChI=1S/C25H38INO2/c1-3-5-16-20-24(22-26)25(28)23(4-2)19-17-14-12-10-8-6-7-9-11-13-15-18-21-27-29/h5-7,10-13,16-17,19-20,23,25,28H,3-4,8-9,14-15,18,21-22H2,1-2H3/b7-6-,12-10-,13-11-,16-5-,19-17-,24-20+. The first kappa shape index (κ1) is 27.7. The molecule has 4 heteroatoms. The monoisotopic (exact) mass is 511 g/mol. The van der Waals surface area contributed by atoms with Crippen LogP contribution in [0.4, 0.5) is 0 Å². The molecule has 0 rings (SSSR count). The highest BCUT2D eigenvalue weighted by Crippen LogP contribution is 2.20. The second kappa shape index (κ2) is 21.4. The van der Waals surface area contributed by atoms with E-state index in [-0.39, 0.29) is 5.92 Å². The molecule has 0 heterocycles. The van der Waals surface area contributed by atoms with Crippen molar-refractivity contribution in [1.82, 2.24) is 0 Å². The highest BCUT2D eigenvalue weighted by atomic mass is 127. The van der Waals surface area contributed by atoms with Crippen LogP contribution < -0.4 is 0 Å². The van der Waals surface area contributed by atoms with Crippen LogP contribution in [0.15, 0.2) is 77.6 Å². The molecule has 3 nitrogen and oxygen atoms in total. The Morgan fingerprint density at radius 1 is 0.966 bits per heavy atom. The second-order valence-electron chi connectivity index (χ2n) is 6.77. The smallest absolute Gasteiger partial charge is 0.0823 e. The third-order valence-corrected chi connectivity index (χ3v) is 5.29. The Kier molecular flexibility index (Phi) is 20.5. The van der Waals surface area contributed by atoms with Crippen LogP contribution in [-0.4, -0.2) is 22.2 Å². The van der Waals surface area contributed by atoms with Crippen molar-refractivity contribution in [3.8, 4) is 0 Å². The lowest BCUT2D eigenvalue weighted by molar-refractivity contribution is 0.163. The molecule has 2 unspecified atom stereocenters. The summed E-state index contributed by atoms with van der Waals surface area (Å²) in [6.45, 7) is 4.64. The van der Waals surface area contributed by atoms with Crippen molar-refractivity contribution in [2.45, 2.75) is 64.9 Å². The molecule has 0 saturated carbocycles. The van der Waals surface area contributed by atoms with E-state index in [1.165, 1.54) is 0 Å². The number of nitrogens with zero attached hydrogens (tertiary/aromatic N) is 1. The van der Waals surface area contributed by atoms with Gasteiger partial charge in [0.25, 0.3) is 0 Å². The summed E-state index contributed by atoms with van der Waals surface area (Å²) < 4.78 is 0.842. The molecule has 1 N–H and O–H groups in total. The zero-order valence-electron chi connectivity index (χ0n) is 18.1. The molecular formula is C25H38INO2. The van der Waals surface area contributed by atoms with Crippen molar-refractivity contribution in [3.05, 3.63) is 77.3 Å². The van der Waals surface area contributed by atoms with Gasteiger partial charge >= 0.3 is 0 Å². The van der Waals surface area contributed by atoms with Gasteiger partial charge in [0.05, 0.1) is 12.6 Å². The molecular weight excluding hydrogens is 473 g/mol. The van der Waals surface area contributed by atoms with E-state index in [1.807, 2.05) is 6.08 Å². The van der Waals surface area contributed by atoms with Gasteiger partial charge in [0.2, 0.25) is 0 Å². The molecule has 29 heavy (non-hydrogen) atoms. The summed E-state index contributed by atoms with van der Waals surface area (Å²) in [5.74, 6) is 0.161. The third-order valence-electron chi connectivity index (χ3n) is 4.41. The lowest BCUT2D eigenvalue weighted by Gasteiger charge is -2.20. The number of aliphatic hydroxyl groups excluding tert-OH is 1. The van der Waals surface area contributed by atoms with Crippen LogP contribution >= 0.6 is 22.6 Å². The highest BCUT2D eigenvalue weighted by Gasteiger charge is 2.17. The predicted octanol–water partition coefficient (Wildman–Crippen LogP) is 7.64. The van der Waals surface area contributed by atoms with Crippen molar-refractivity contribution >= 4 is 22.6 Å². The minimum atomic E-state index is -0.413. The molecule has 0 bridgehead atoms. The van der Waals surface area contributed by atoms with E-state index in [9.17, 15) is 10.0 Å². The number of allylic oxidation sites excluding steroid dienone is 10. The quantitative estimate of drug-likeness (QED) is 0.0545. The van der Waals surface area contributed by atoms with Gasteiger partial charge in [0.1, 0.15) is 0 Å². The van der Waals surface area contributed by atoms with Crippen LogP contribution in [0.2, 0.25) is 0 Å². The number of alkyl halides is 1. The summed E-state index contributed by atoms with van der Waals surface area (Å²) in [6.07, 6.45) is 29.4. The lowest BCUT2D eigenvalue weighted by atomic mass is 9.93. The zero-order chi connectivity index (χ0) is 21.6. The van der Waals surface area contributed by atoms with E-state index in [4.69, 9.17) is 0 Å². The number of hydrogen-bond donors (Lipinski definition) is 1. The minimum absolute atomic E-state index is 0.161. The average Bonchev–Trinajstić information content (AvgIpc) is 2.74. The van der Waals surface area contributed by atoms with E-state index in [2.05, 4.69) is 102 Å². The first-order chi connectivity index (χ1) is 14.2. The van der Waals surface area contributed by atoms with Crippen LogP contribution in [0, 0.1) is 10.8 Å². The lowest BCUT2D eigenvalue weighted by Crippen LogP contribution is -2.21. The fourth-order valence-corrected chi connectivity index (χ4v) is 3.36. The molecule has 0 aliphatic carbocycles. The Balaban J connectivity index is 4.21. The van der Waals surface area contributed by atoms with Crippen LogP contribution in [0.3, 0.4) is 0 Å². The number of hydrogen-bond acceptors (Lipinski definition) is 3. The fourth-order valence-electron chi connectivity index (χ4n) is 2.65. The van der Waals surface area contributed by atoms with Gasteiger partial charge in [-0.25, -0.2) is 0 Å². The average molecular weight is 511 g/mol. The number of aliphatic hydroxyl groups is 1. The van der Waals surface area contributed by atoms with E-state index < -0.39 is 6.10 Å². The maximum absolute atomic E-state index is 10.7.